The van der Waals surface area contributed by atoms with Crippen LogP contribution in [0.5, 0.6) is 0 Å². The zero-order chi connectivity index (χ0) is 22.1. The number of H-pyrrole nitrogens is 2. The van der Waals surface area contributed by atoms with E-state index in [1.807, 2.05) is 13.0 Å². The third-order valence-electron chi connectivity index (χ3n) is 5.89. The minimum Gasteiger partial charge on any atom is -0.367 e. The van der Waals surface area contributed by atoms with Crippen molar-refractivity contribution in [2.45, 2.75) is 6.92 Å². The van der Waals surface area contributed by atoms with Crippen LogP contribution in [0.15, 0.2) is 54.3 Å². The lowest BCUT2D eigenvalue weighted by Gasteiger charge is -2.34. The number of benzene rings is 1. The Bertz CT molecular complexity index is 1330. The number of piperazine rings is 1. The SMILES string of the molecule is C=C/C(=C\N=CC)c1cc2c(-c3nc4c(N5CCN(C)CC5)cccc4[nH]3)n[nH]c2cn1. The van der Waals surface area contributed by atoms with Crippen LogP contribution in [0.3, 0.4) is 0 Å². The summed E-state index contributed by atoms with van der Waals surface area (Å²) in [5.74, 6) is 0.737. The number of fused-ring (bicyclic) bond motifs is 2. The summed E-state index contributed by atoms with van der Waals surface area (Å²) in [5.41, 5.74) is 6.40. The molecule has 0 amide bonds. The number of aromatic amines is 2. The highest BCUT2D eigenvalue weighted by Gasteiger charge is 2.20. The van der Waals surface area contributed by atoms with Gasteiger partial charge in [-0.05, 0) is 32.2 Å². The molecule has 0 bridgehead atoms. The van der Waals surface area contributed by atoms with Crippen molar-refractivity contribution in [3.63, 3.8) is 0 Å². The standard InChI is InChI=1S/C24H26N8/c1-4-16(14-25-5-2)19-13-17-20(15-26-19)29-30-22(17)24-27-18-7-6-8-21(23(18)28-24)32-11-9-31(3)10-12-32/h4-8,13-15H,1,9-12H2,2-3H3,(H,27,28)(H,29,30)/b16-14+,25-5?. The smallest absolute Gasteiger partial charge is 0.159 e. The van der Waals surface area contributed by atoms with Gasteiger partial charge in [0.25, 0.3) is 0 Å². The molecule has 1 aliphatic heterocycles. The zero-order valence-electron chi connectivity index (χ0n) is 18.3. The van der Waals surface area contributed by atoms with Gasteiger partial charge < -0.3 is 14.8 Å². The first-order chi connectivity index (χ1) is 15.7. The van der Waals surface area contributed by atoms with Crippen molar-refractivity contribution < 1.29 is 0 Å². The van der Waals surface area contributed by atoms with Crippen LogP contribution in [-0.4, -0.2) is 69.5 Å². The van der Waals surface area contributed by atoms with Crippen molar-refractivity contribution in [2.75, 3.05) is 38.1 Å². The maximum Gasteiger partial charge on any atom is 0.159 e. The molecule has 0 radical (unpaired) electrons. The second-order valence-electron chi connectivity index (χ2n) is 7.93. The first-order valence-corrected chi connectivity index (χ1v) is 10.8. The van der Waals surface area contributed by atoms with Crippen LogP contribution in [-0.2, 0) is 0 Å². The number of rotatable bonds is 5. The molecule has 5 rings (SSSR count). The molecule has 0 aliphatic carbocycles. The molecule has 2 N–H and O–H groups in total. The average Bonchev–Trinajstić information content (AvgIpc) is 3.43. The van der Waals surface area contributed by atoms with Gasteiger partial charge in [0.15, 0.2) is 5.82 Å². The van der Waals surface area contributed by atoms with Crippen molar-refractivity contribution in [1.29, 1.82) is 0 Å². The number of likely N-dealkylation sites (N-methyl/N-ethyl adjacent to an activating group) is 1. The van der Waals surface area contributed by atoms with Crippen molar-refractivity contribution >= 4 is 39.4 Å². The fourth-order valence-corrected chi connectivity index (χ4v) is 4.07. The quantitative estimate of drug-likeness (QED) is 0.374. The number of hydrogen-bond donors (Lipinski definition) is 2. The molecule has 8 nitrogen and oxygen atoms in total. The molecular formula is C24H26N8. The number of pyridine rings is 1. The summed E-state index contributed by atoms with van der Waals surface area (Å²) in [4.78, 5) is 21.9. The number of para-hydroxylation sites is 1. The van der Waals surface area contributed by atoms with Crippen LogP contribution in [0.2, 0.25) is 0 Å². The molecule has 3 aromatic heterocycles. The van der Waals surface area contributed by atoms with E-state index in [2.05, 4.69) is 66.8 Å². The van der Waals surface area contributed by atoms with Crippen molar-refractivity contribution in [2.24, 2.45) is 4.99 Å². The van der Waals surface area contributed by atoms with Crippen LogP contribution in [0, 0.1) is 0 Å². The monoisotopic (exact) mass is 426 g/mol. The van der Waals surface area contributed by atoms with Crippen LogP contribution < -0.4 is 4.90 Å². The van der Waals surface area contributed by atoms with Crippen molar-refractivity contribution in [1.82, 2.24) is 30.0 Å². The molecule has 162 valence electrons. The molecule has 4 heterocycles. The third kappa shape index (κ3) is 3.58. The lowest BCUT2D eigenvalue weighted by atomic mass is 10.1. The van der Waals surface area contributed by atoms with Gasteiger partial charge in [-0.15, -0.1) is 0 Å². The molecule has 1 saturated heterocycles. The molecule has 0 saturated carbocycles. The average molecular weight is 427 g/mol. The van der Waals surface area contributed by atoms with Gasteiger partial charge in [0, 0.05) is 49.6 Å². The van der Waals surface area contributed by atoms with Gasteiger partial charge in [-0.3, -0.25) is 15.1 Å². The van der Waals surface area contributed by atoms with E-state index in [1.54, 1.807) is 24.7 Å². The van der Waals surface area contributed by atoms with Gasteiger partial charge in [-0.25, -0.2) is 4.98 Å². The van der Waals surface area contributed by atoms with E-state index in [9.17, 15) is 0 Å². The first-order valence-electron chi connectivity index (χ1n) is 10.8. The van der Waals surface area contributed by atoms with E-state index >= 15 is 0 Å². The molecular weight excluding hydrogens is 400 g/mol. The third-order valence-corrected chi connectivity index (χ3v) is 5.89. The van der Waals surface area contributed by atoms with E-state index in [-0.39, 0.29) is 0 Å². The summed E-state index contributed by atoms with van der Waals surface area (Å²) in [7, 11) is 2.16. The number of allylic oxidation sites excluding steroid dienone is 2. The van der Waals surface area contributed by atoms with E-state index < -0.39 is 0 Å². The number of aromatic nitrogens is 5. The second-order valence-corrected chi connectivity index (χ2v) is 7.93. The summed E-state index contributed by atoms with van der Waals surface area (Å²) >= 11 is 0. The molecule has 0 atom stereocenters. The number of aliphatic imine (C=N–C) groups is 1. The van der Waals surface area contributed by atoms with Crippen LogP contribution in [0.25, 0.3) is 39.0 Å². The lowest BCUT2D eigenvalue weighted by Crippen LogP contribution is -2.44. The maximum absolute atomic E-state index is 4.97. The minimum absolute atomic E-state index is 0.737. The Kier molecular flexibility index (Phi) is 5.28. The maximum atomic E-state index is 4.97. The number of hydrogen-bond acceptors (Lipinski definition) is 6. The predicted molar refractivity (Wildman–Crippen MR) is 131 cm³/mol. The highest BCUT2D eigenvalue weighted by Crippen LogP contribution is 2.31. The van der Waals surface area contributed by atoms with Gasteiger partial charge in [0.1, 0.15) is 11.2 Å². The molecule has 4 aromatic rings. The summed E-state index contributed by atoms with van der Waals surface area (Å²) in [6.07, 6.45) is 7.03. The highest BCUT2D eigenvalue weighted by atomic mass is 15.3. The molecule has 1 fully saturated rings. The Balaban J connectivity index is 1.58. The molecule has 1 aliphatic rings. The summed E-state index contributed by atoms with van der Waals surface area (Å²) < 4.78 is 0. The molecule has 32 heavy (non-hydrogen) atoms. The molecule has 1 aromatic carbocycles. The van der Waals surface area contributed by atoms with Crippen LogP contribution >= 0.6 is 0 Å². The Morgan fingerprint density at radius 2 is 2.03 bits per heavy atom. The van der Waals surface area contributed by atoms with Crippen molar-refractivity contribution in [3.05, 3.63) is 55.0 Å². The van der Waals surface area contributed by atoms with Crippen molar-refractivity contribution in [3.8, 4) is 11.5 Å². The van der Waals surface area contributed by atoms with Gasteiger partial charge in [0.05, 0.1) is 28.6 Å². The Morgan fingerprint density at radius 1 is 1.19 bits per heavy atom. The first kappa shape index (κ1) is 20.1. The van der Waals surface area contributed by atoms with E-state index in [0.717, 1.165) is 76.6 Å². The highest BCUT2D eigenvalue weighted by molar-refractivity contribution is 5.96. The zero-order valence-corrected chi connectivity index (χ0v) is 18.3. The van der Waals surface area contributed by atoms with E-state index in [0.29, 0.717) is 0 Å². The van der Waals surface area contributed by atoms with Crippen LogP contribution in [0.1, 0.15) is 12.6 Å². The molecule has 0 unspecified atom stereocenters. The van der Waals surface area contributed by atoms with Gasteiger partial charge in [-0.1, -0.05) is 18.7 Å². The normalized spacial score (nSPS) is 15.9. The number of imidazole rings is 1. The molecule has 0 spiro atoms. The second kappa shape index (κ2) is 8.39. The largest absolute Gasteiger partial charge is 0.367 e. The number of nitrogens with zero attached hydrogens (tertiary/aromatic N) is 6. The fraction of sp³-hybridized carbons (Fsp3) is 0.250. The number of nitrogens with one attached hydrogen (secondary N) is 2. The van der Waals surface area contributed by atoms with E-state index in [1.165, 1.54) is 0 Å². The van der Waals surface area contributed by atoms with E-state index in [4.69, 9.17) is 4.98 Å². The van der Waals surface area contributed by atoms with Gasteiger partial charge >= 0.3 is 0 Å². The Labute approximate surface area is 186 Å². The predicted octanol–water partition coefficient (Wildman–Crippen LogP) is 3.87. The topological polar surface area (TPSA) is 89.1 Å². The summed E-state index contributed by atoms with van der Waals surface area (Å²) in [6.45, 7) is 9.86. The fourth-order valence-electron chi connectivity index (χ4n) is 4.07. The minimum atomic E-state index is 0.737. The Morgan fingerprint density at radius 3 is 2.81 bits per heavy atom. The molecule has 8 heteroatoms. The summed E-state index contributed by atoms with van der Waals surface area (Å²) in [6, 6.07) is 8.30. The lowest BCUT2D eigenvalue weighted by molar-refractivity contribution is 0.313. The van der Waals surface area contributed by atoms with Crippen LogP contribution in [0.4, 0.5) is 5.69 Å². The summed E-state index contributed by atoms with van der Waals surface area (Å²) in [5, 5.41) is 8.57. The van der Waals surface area contributed by atoms with Gasteiger partial charge in [0.2, 0.25) is 0 Å². The Hall–Kier alpha value is -3.78. The van der Waals surface area contributed by atoms with Gasteiger partial charge in [-0.2, -0.15) is 5.10 Å². The number of anilines is 1.